The van der Waals surface area contributed by atoms with E-state index in [-0.39, 0.29) is 18.3 Å². The molecule has 30 heavy (non-hydrogen) atoms. The zero-order valence-corrected chi connectivity index (χ0v) is 17.2. The second-order valence-corrected chi connectivity index (χ2v) is 7.44. The first-order chi connectivity index (χ1) is 14.5. The molecule has 156 valence electrons. The van der Waals surface area contributed by atoms with Gasteiger partial charge in [0, 0.05) is 29.3 Å². The third-order valence-corrected chi connectivity index (χ3v) is 5.38. The normalized spacial score (nSPS) is 15.5. The van der Waals surface area contributed by atoms with Gasteiger partial charge in [-0.3, -0.25) is 9.89 Å². The number of nitrogens with one attached hydrogen (secondary N) is 1. The molecule has 0 spiro atoms. The van der Waals surface area contributed by atoms with Crippen LogP contribution in [-0.2, 0) is 0 Å². The molecular formula is C22H22ClN3O4. The zero-order chi connectivity index (χ0) is 21.3. The molecule has 3 aromatic rings. The Morgan fingerprint density at radius 2 is 2.00 bits per heavy atom. The molecule has 0 bridgehead atoms. The predicted octanol–water partition coefficient (Wildman–Crippen LogP) is 3.76. The fraction of sp³-hybridized carbons (Fsp3) is 0.273. The highest BCUT2D eigenvalue weighted by Gasteiger charge is 2.42. The van der Waals surface area contributed by atoms with Gasteiger partial charge < -0.3 is 19.8 Å². The molecular weight excluding hydrogens is 406 g/mol. The average Bonchev–Trinajstić information content (AvgIpc) is 3.28. The summed E-state index contributed by atoms with van der Waals surface area (Å²) in [5.74, 6) is 0.575. The Balaban J connectivity index is 1.84. The number of carbonyl (C=O) groups excluding carboxylic acids is 1. The van der Waals surface area contributed by atoms with Crippen LogP contribution in [0.5, 0.6) is 11.5 Å². The first-order valence-electron chi connectivity index (χ1n) is 9.76. The highest BCUT2D eigenvalue weighted by atomic mass is 35.5. The van der Waals surface area contributed by atoms with E-state index in [2.05, 4.69) is 10.2 Å². The first-order valence-corrected chi connectivity index (χ1v) is 10.1. The number of benzene rings is 2. The number of phenols is 1. The van der Waals surface area contributed by atoms with Crippen molar-refractivity contribution in [2.75, 3.05) is 19.8 Å². The number of aliphatic hydroxyl groups is 1. The number of hydrogen-bond donors (Lipinski definition) is 3. The quantitative estimate of drug-likeness (QED) is 0.533. The fourth-order valence-corrected chi connectivity index (χ4v) is 4.00. The molecule has 1 amide bonds. The molecule has 8 heteroatoms. The Morgan fingerprint density at radius 3 is 2.70 bits per heavy atom. The maximum Gasteiger partial charge on any atom is 0.273 e. The van der Waals surface area contributed by atoms with Crippen molar-refractivity contribution in [3.8, 4) is 22.8 Å². The van der Waals surface area contributed by atoms with Crippen molar-refractivity contribution in [3.63, 3.8) is 0 Å². The molecule has 2 aromatic carbocycles. The topological polar surface area (TPSA) is 98.7 Å². The fourth-order valence-electron chi connectivity index (χ4n) is 3.83. The number of hydrogen-bond acceptors (Lipinski definition) is 5. The van der Waals surface area contributed by atoms with Gasteiger partial charge >= 0.3 is 0 Å². The number of rotatable bonds is 7. The lowest BCUT2D eigenvalue weighted by atomic mass is 9.95. The summed E-state index contributed by atoms with van der Waals surface area (Å²) in [4.78, 5) is 14.8. The maximum absolute atomic E-state index is 13.1. The van der Waals surface area contributed by atoms with Crippen molar-refractivity contribution in [1.82, 2.24) is 15.1 Å². The van der Waals surface area contributed by atoms with Crippen molar-refractivity contribution in [2.45, 2.75) is 19.4 Å². The summed E-state index contributed by atoms with van der Waals surface area (Å²) in [7, 11) is 0. The lowest BCUT2D eigenvalue weighted by molar-refractivity contribution is 0.0732. The number of aliphatic hydroxyl groups excluding tert-OH is 1. The predicted molar refractivity (Wildman–Crippen MR) is 113 cm³/mol. The standard InChI is InChI=1S/C22H22ClN3O4/c1-2-30-15-7-4-13(5-8-15)21-18-19(16-12-14(23)6-9-17(16)28)24-25-20(18)22(29)26(21)10-3-11-27/h4-9,12,21,27-28H,2-3,10-11H2,1H3,(H,24,25). The van der Waals surface area contributed by atoms with E-state index in [0.717, 1.165) is 11.3 Å². The highest BCUT2D eigenvalue weighted by Crippen LogP contribution is 2.45. The van der Waals surface area contributed by atoms with Gasteiger partial charge in [-0.1, -0.05) is 23.7 Å². The molecule has 0 aliphatic carbocycles. The van der Waals surface area contributed by atoms with E-state index in [1.807, 2.05) is 31.2 Å². The smallest absolute Gasteiger partial charge is 0.273 e. The van der Waals surface area contributed by atoms with E-state index >= 15 is 0 Å². The number of aromatic nitrogens is 2. The molecule has 1 unspecified atom stereocenters. The minimum absolute atomic E-state index is 0.0199. The number of aromatic amines is 1. The number of fused-ring (bicyclic) bond motifs is 1. The van der Waals surface area contributed by atoms with Crippen molar-refractivity contribution < 1.29 is 19.7 Å². The molecule has 0 saturated carbocycles. The number of ether oxygens (including phenoxy) is 1. The van der Waals surface area contributed by atoms with Crippen LogP contribution in [0, 0.1) is 0 Å². The van der Waals surface area contributed by atoms with Gasteiger partial charge in [0.2, 0.25) is 0 Å². The van der Waals surface area contributed by atoms with Gasteiger partial charge in [-0.25, -0.2) is 0 Å². The van der Waals surface area contributed by atoms with Gasteiger partial charge in [-0.05, 0) is 49.2 Å². The van der Waals surface area contributed by atoms with Gasteiger partial charge in [0.1, 0.15) is 22.9 Å². The summed E-state index contributed by atoms with van der Waals surface area (Å²) in [6, 6.07) is 11.9. The third-order valence-electron chi connectivity index (χ3n) is 5.14. The van der Waals surface area contributed by atoms with Crippen LogP contribution in [0.4, 0.5) is 0 Å². The summed E-state index contributed by atoms with van der Waals surface area (Å²) in [6.45, 7) is 2.85. The number of aromatic hydroxyl groups is 1. The first kappa shape index (κ1) is 20.3. The maximum atomic E-state index is 13.1. The Bertz CT molecular complexity index is 1060. The molecule has 1 atom stereocenters. The molecule has 1 aromatic heterocycles. The minimum Gasteiger partial charge on any atom is -0.507 e. The van der Waals surface area contributed by atoms with E-state index in [1.54, 1.807) is 17.0 Å². The second kappa shape index (κ2) is 8.38. The summed E-state index contributed by atoms with van der Waals surface area (Å²) in [6.07, 6.45) is 0.453. The van der Waals surface area contributed by atoms with Gasteiger partial charge in [0.05, 0.1) is 12.6 Å². The Kier molecular flexibility index (Phi) is 5.65. The van der Waals surface area contributed by atoms with Crippen LogP contribution in [0.1, 0.15) is 41.0 Å². The Morgan fingerprint density at radius 1 is 1.23 bits per heavy atom. The molecule has 2 heterocycles. The van der Waals surface area contributed by atoms with Gasteiger partial charge in [-0.15, -0.1) is 0 Å². The van der Waals surface area contributed by atoms with Gasteiger partial charge in [-0.2, -0.15) is 5.10 Å². The highest BCUT2D eigenvalue weighted by molar-refractivity contribution is 6.31. The Labute approximate surface area is 178 Å². The second-order valence-electron chi connectivity index (χ2n) is 7.00. The Hall–Kier alpha value is -3.03. The number of H-pyrrole nitrogens is 1. The van der Waals surface area contributed by atoms with Crippen LogP contribution < -0.4 is 4.74 Å². The van der Waals surface area contributed by atoms with Crippen LogP contribution in [0.25, 0.3) is 11.3 Å². The summed E-state index contributed by atoms with van der Waals surface area (Å²) in [5.41, 5.74) is 2.87. The van der Waals surface area contributed by atoms with Gasteiger partial charge in [0.25, 0.3) is 5.91 Å². The van der Waals surface area contributed by atoms with Crippen LogP contribution in [0.2, 0.25) is 5.02 Å². The lowest BCUT2D eigenvalue weighted by Gasteiger charge is -2.26. The molecule has 0 radical (unpaired) electrons. The number of phenolic OH excluding ortho intramolecular Hbond substituents is 1. The molecule has 0 fully saturated rings. The number of amides is 1. The summed E-state index contributed by atoms with van der Waals surface area (Å²) >= 11 is 6.14. The zero-order valence-electron chi connectivity index (χ0n) is 16.4. The number of carbonyl (C=O) groups is 1. The molecule has 1 aliphatic rings. The van der Waals surface area contributed by atoms with E-state index < -0.39 is 6.04 Å². The van der Waals surface area contributed by atoms with Crippen molar-refractivity contribution >= 4 is 17.5 Å². The van der Waals surface area contributed by atoms with E-state index in [9.17, 15) is 15.0 Å². The SMILES string of the molecule is CCOc1ccc(C2c3c(-c4cc(Cl)ccc4O)n[nH]c3C(=O)N2CCCO)cc1. The van der Waals surface area contributed by atoms with Gasteiger partial charge in [0.15, 0.2) is 0 Å². The van der Waals surface area contributed by atoms with E-state index in [4.69, 9.17) is 16.3 Å². The largest absolute Gasteiger partial charge is 0.507 e. The van der Waals surface area contributed by atoms with Crippen molar-refractivity contribution in [2.24, 2.45) is 0 Å². The van der Waals surface area contributed by atoms with Crippen molar-refractivity contribution in [3.05, 3.63) is 64.3 Å². The molecule has 3 N–H and O–H groups in total. The minimum atomic E-state index is -0.415. The molecule has 7 nitrogen and oxygen atoms in total. The summed E-state index contributed by atoms with van der Waals surface area (Å²) < 4.78 is 5.53. The molecule has 1 aliphatic heterocycles. The van der Waals surface area contributed by atoms with Crippen molar-refractivity contribution in [1.29, 1.82) is 0 Å². The average molecular weight is 428 g/mol. The number of halogens is 1. The van der Waals surface area contributed by atoms with E-state index in [0.29, 0.717) is 47.1 Å². The summed E-state index contributed by atoms with van der Waals surface area (Å²) in [5, 5.41) is 27.3. The lowest BCUT2D eigenvalue weighted by Crippen LogP contribution is -2.31. The third kappa shape index (κ3) is 3.51. The molecule has 0 saturated heterocycles. The van der Waals surface area contributed by atoms with Crippen LogP contribution >= 0.6 is 11.6 Å². The van der Waals surface area contributed by atoms with Crippen LogP contribution in [-0.4, -0.2) is 51.0 Å². The molecule has 4 rings (SSSR count). The monoisotopic (exact) mass is 427 g/mol. The number of nitrogens with zero attached hydrogens (tertiary/aromatic N) is 2. The van der Waals surface area contributed by atoms with Crippen LogP contribution in [0.15, 0.2) is 42.5 Å². The van der Waals surface area contributed by atoms with Crippen LogP contribution in [0.3, 0.4) is 0 Å². The van der Waals surface area contributed by atoms with E-state index in [1.165, 1.54) is 6.07 Å².